The number of halogens is 3. The van der Waals surface area contributed by atoms with E-state index in [0.717, 1.165) is 10.9 Å². The van der Waals surface area contributed by atoms with Crippen LogP contribution in [0.3, 0.4) is 0 Å². The van der Waals surface area contributed by atoms with E-state index in [1.807, 2.05) is 13.0 Å². The highest BCUT2D eigenvalue weighted by molar-refractivity contribution is 6.38. The molecule has 0 radical (unpaired) electrons. The lowest BCUT2D eigenvalue weighted by Gasteiger charge is -2.17. The van der Waals surface area contributed by atoms with E-state index in [0.29, 0.717) is 21.3 Å². The average Bonchev–Trinajstić information content (AvgIpc) is 2.48. The molecule has 3 aromatic rings. The van der Waals surface area contributed by atoms with Crippen molar-refractivity contribution in [2.75, 3.05) is 0 Å². The van der Waals surface area contributed by atoms with E-state index >= 15 is 0 Å². The van der Waals surface area contributed by atoms with Crippen LogP contribution in [0.4, 0.5) is 4.39 Å². The number of rotatable bonds is 3. The molecule has 22 heavy (non-hydrogen) atoms. The molecule has 3 rings (SSSR count). The van der Waals surface area contributed by atoms with E-state index in [1.54, 1.807) is 30.5 Å². The minimum absolute atomic E-state index is 0.269. The largest absolute Gasteiger partial charge is 0.486 e. The van der Waals surface area contributed by atoms with Crippen molar-refractivity contribution in [3.8, 4) is 5.75 Å². The number of benzene rings is 2. The fraction of sp³-hybridized carbons (Fsp3) is 0.118. The van der Waals surface area contributed by atoms with Gasteiger partial charge in [0.15, 0.2) is 0 Å². The molecule has 1 unspecified atom stereocenters. The summed E-state index contributed by atoms with van der Waals surface area (Å²) in [6.07, 6.45) is 1.42. The predicted molar refractivity (Wildman–Crippen MR) is 87.2 cm³/mol. The summed E-state index contributed by atoms with van der Waals surface area (Å²) in [5, 5.41) is 1.87. The van der Waals surface area contributed by atoms with Crippen LogP contribution in [0.15, 0.2) is 48.7 Å². The minimum atomic E-state index is -0.299. The van der Waals surface area contributed by atoms with E-state index in [-0.39, 0.29) is 11.9 Å². The third-order valence-corrected chi connectivity index (χ3v) is 3.87. The van der Waals surface area contributed by atoms with Gasteiger partial charge in [0.05, 0.1) is 10.5 Å². The normalized spacial score (nSPS) is 12.4. The molecule has 1 atom stereocenters. The van der Waals surface area contributed by atoms with Crippen LogP contribution in [0.1, 0.15) is 18.6 Å². The lowest BCUT2D eigenvalue weighted by Crippen LogP contribution is -2.04. The Morgan fingerprint density at radius 3 is 2.55 bits per heavy atom. The molecule has 0 bridgehead atoms. The van der Waals surface area contributed by atoms with E-state index in [4.69, 9.17) is 27.9 Å². The van der Waals surface area contributed by atoms with Gasteiger partial charge in [0.2, 0.25) is 0 Å². The van der Waals surface area contributed by atoms with E-state index < -0.39 is 0 Å². The van der Waals surface area contributed by atoms with E-state index in [9.17, 15) is 4.39 Å². The Hall–Kier alpha value is -1.84. The first kappa shape index (κ1) is 15.1. The highest BCUT2D eigenvalue weighted by atomic mass is 35.5. The first-order valence-electron chi connectivity index (χ1n) is 6.70. The smallest absolute Gasteiger partial charge is 0.123 e. The van der Waals surface area contributed by atoms with Crippen molar-refractivity contribution in [2.45, 2.75) is 13.0 Å². The van der Waals surface area contributed by atoms with Gasteiger partial charge in [0, 0.05) is 22.2 Å². The van der Waals surface area contributed by atoms with Crippen LogP contribution in [0.2, 0.25) is 10.0 Å². The number of hydrogen-bond donors (Lipinski definition) is 0. The zero-order valence-electron chi connectivity index (χ0n) is 11.7. The van der Waals surface area contributed by atoms with Crippen molar-refractivity contribution in [3.05, 3.63) is 70.1 Å². The first-order valence-corrected chi connectivity index (χ1v) is 7.46. The quantitative estimate of drug-likeness (QED) is 0.601. The number of pyridine rings is 1. The summed E-state index contributed by atoms with van der Waals surface area (Å²) < 4.78 is 18.8. The fourth-order valence-corrected chi connectivity index (χ4v) is 2.94. The van der Waals surface area contributed by atoms with Crippen molar-refractivity contribution in [2.24, 2.45) is 0 Å². The van der Waals surface area contributed by atoms with Gasteiger partial charge in [-0.2, -0.15) is 0 Å². The average molecular weight is 336 g/mol. The molecule has 0 aliphatic carbocycles. The monoisotopic (exact) mass is 335 g/mol. The van der Waals surface area contributed by atoms with Gasteiger partial charge < -0.3 is 4.74 Å². The van der Waals surface area contributed by atoms with Gasteiger partial charge in [-0.25, -0.2) is 4.39 Å². The molecule has 0 N–H and O–H groups in total. The number of fused-ring (bicyclic) bond motifs is 1. The lowest BCUT2D eigenvalue weighted by atomic mass is 10.0. The third kappa shape index (κ3) is 3.01. The summed E-state index contributed by atoms with van der Waals surface area (Å²) in [4.78, 5) is 4.29. The molecule has 0 aliphatic heterocycles. The second-order valence-corrected chi connectivity index (χ2v) is 5.74. The van der Waals surface area contributed by atoms with Gasteiger partial charge in [0.1, 0.15) is 17.7 Å². The van der Waals surface area contributed by atoms with Crippen LogP contribution in [0, 0.1) is 5.82 Å². The molecule has 5 heteroatoms. The topological polar surface area (TPSA) is 22.1 Å². The molecule has 0 spiro atoms. The zero-order valence-corrected chi connectivity index (χ0v) is 13.2. The maximum absolute atomic E-state index is 13.0. The van der Waals surface area contributed by atoms with Crippen molar-refractivity contribution in [1.29, 1.82) is 0 Å². The fourth-order valence-electron chi connectivity index (χ4n) is 2.35. The summed E-state index contributed by atoms with van der Waals surface area (Å²) in [6, 6.07) is 11.2. The molecule has 1 aromatic heterocycles. The summed E-state index contributed by atoms with van der Waals surface area (Å²) in [6.45, 7) is 1.91. The second kappa shape index (κ2) is 6.11. The number of ether oxygens (including phenoxy) is 1. The molecular formula is C17H12Cl2FNO. The third-order valence-electron chi connectivity index (χ3n) is 3.36. The Morgan fingerprint density at radius 2 is 1.82 bits per heavy atom. The standard InChI is InChI=1S/C17H12Cl2FNO/c1-10(22-13-4-2-12(20)3-5-13)14-6-7-21-16-9-11(18)8-15(19)17(14)16/h2-10H,1H3. The van der Waals surface area contributed by atoms with Crippen LogP contribution in [0.5, 0.6) is 5.75 Å². The molecule has 0 fully saturated rings. The molecule has 0 amide bonds. The Labute approximate surface area is 137 Å². The Kier molecular flexibility index (Phi) is 4.19. The van der Waals surface area contributed by atoms with Gasteiger partial charge in [0.25, 0.3) is 0 Å². The van der Waals surface area contributed by atoms with Gasteiger partial charge in [-0.05, 0) is 49.4 Å². The predicted octanol–water partition coefficient (Wildman–Crippen LogP) is 5.82. The number of hydrogen-bond acceptors (Lipinski definition) is 2. The lowest BCUT2D eigenvalue weighted by molar-refractivity contribution is 0.228. The van der Waals surface area contributed by atoms with Crippen molar-refractivity contribution >= 4 is 34.1 Å². The van der Waals surface area contributed by atoms with Crippen LogP contribution in [0.25, 0.3) is 10.9 Å². The highest BCUT2D eigenvalue weighted by Gasteiger charge is 2.15. The molecule has 0 saturated heterocycles. The van der Waals surface area contributed by atoms with Gasteiger partial charge in [-0.3, -0.25) is 4.98 Å². The Bertz CT molecular complexity index is 821. The molecular weight excluding hydrogens is 324 g/mol. The van der Waals surface area contributed by atoms with Crippen molar-refractivity contribution in [1.82, 2.24) is 4.98 Å². The van der Waals surface area contributed by atoms with Crippen molar-refractivity contribution in [3.63, 3.8) is 0 Å². The summed E-state index contributed by atoms with van der Waals surface area (Å²) in [5.74, 6) is 0.288. The van der Waals surface area contributed by atoms with Gasteiger partial charge in [-0.15, -0.1) is 0 Å². The Balaban J connectivity index is 2.00. The summed E-state index contributed by atoms with van der Waals surface area (Å²) in [5.41, 5.74) is 1.61. The second-order valence-electron chi connectivity index (χ2n) is 4.90. The van der Waals surface area contributed by atoms with Gasteiger partial charge >= 0.3 is 0 Å². The van der Waals surface area contributed by atoms with Crippen LogP contribution in [-0.2, 0) is 0 Å². The minimum Gasteiger partial charge on any atom is -0.486 e. The van der Waals surface area contributed by atoms with Gasteiger partial charge in [-0.1, -0.05) is 23.2 Å². The maximum atomic E-state index is 13.0. The zero-order chi connectivity index (χ0) is 15.7. The maximum Gasteiger partial charge on any atom is 0.123 e. The summed E-state index contributed by atoms with van der Waals surface area (Å²) in [7, 11) is 0. The molecule has 0 aliphatic rings. The first-order chi connectivity index (χ1) is 10.5. The van der Waals surface area contributed by atoms with E-state index in [1.165, 1.54) is 12.1 Å². The number of aromatic nitrogens is 1. The molecule has 112 valence electrons. The van der Waals surface area contributed by atoms with Crippen molar-refractivity contribution < 1.29 is 9.13 Å². The molecule has 0 saturated carbocycles. The molecule has 2 nitrogen and oxygen atoms in total. The Morgan fingerprint density at radius 1 is 1.09 bits per heavy atom. The SMILES string of the molecule is CC(Oc1ccc(F)cc1)c1ccnc2cc(Cl)cc(Cl)c12. The van der Waals surface area contributed by atoms with Crippen LogP contribution in [-0.4, -0.2) is 4.98 Å². The molecule has 1 heterocycles. The van der Waals surface area contributed by atoms with E-state index in [2.05, 4.69) is 4.98 Å². The van der Waals surface area contributed by atoms with Crippen LogP contribution >= 0.6 is 23.2 Å². The molecule has 2 aromatic carbocycles. The highest BCUT2D eigenvalue weighted by Crippen LogP contribution is 2.33. The van der Waals surface area contributed by atoms with Crippen LogP contribution < -0.4 is 4.74 Å². The number of nitrogens with zero attached hydrogens (tertiary/aromatic N) is 1. The summed E-state index contributed by atoms with van der Waals surface area (Å²) >= 11 is 12.3.